The van der Waals surface area contributed by atoms with Crippen LogP contribution in [-0.4, -0.2) is 12.3 Å². The van der Waals surface area contributed by atoms with Crippen molar-refractivity contribution in [2.75, 3.05) is 12.3 Å². The number of aryl methyl sites for hydroxylation is 2. The molecule has 1 nitrogen and oxygen atoms in total. The quantitative estimate of drug-likeness (QED) is 0.877. The molecule has 1 N–H and O–H groups in total. The summed E-state index contributed by atoms with van der Waals surface area (Å²) in [5.41, 5.74) is 3.48. The highest BCUT2D eigenvalue weighted by Crippen LogP contribution is 2.36. The molecule has 1 unspecified atom stereocenters. The molecule has 0 spiro atoms. The molecule has 3 rings (SSSR count). The van der Waals surface area contributed by atoms with Crippen molar-refractivity contribution in [2.24, 2.45) is 0 Å². The zero-order valence-electron chi connectivity index (χ0n) is 12.4. The fourth-order valence-corrected chi connectivity index (χ4v) is 5.31. The maximum Gasteiger partial charge on any atom is 0.123 e. The van der Waals surface area contributed by atoms with Crippen molar-refractivity contribution in [3.63, 3.8) is 0 Å². The topological polar surface area (TPSA) is 12.0 Å². The molecule has 0 aliphatic carbocycles. The second kappa shape index (κ2) is 6.51. The Morgan fingerprint density at radius 3 is 2.86 bits per heavy atom. The summed E-state index contributed by atoms with van der Waals surface area (Å²) in [7, 11) is 0. The number of halogens is 1. The zero-order chi connectivity index (χ0) is 14.8. The Bertz CT molecular complexity index is 592. The van der Waals surface area contributed by atoms with E-state index < -0.39 is 0 Å². The monoisotopic (exact) mass is 321 g/mol. The Labute approximate surface area is 134 Å². The lowest BCUT2D eigenvalue weighted by Crippen LogP contribution is -2.21. The Morgan fingerprint density at radius 1 is 1.29 bits per heavy atom. The molecule has 0 radical (unpaired) electrons. The Balaban J connectivity index is 1.98. The van der Waals surface area contributed by atoms with Gasteiger partial charge in [0.1, 0.15) is 5.82 Å². The van der Waals surface area contributed by atoms with Crippen molar-refractivity contribution >= 4 is 23.1 Å². The van der Waals surface area contributed by atoms with Crippen LogP contribution in [0.3, 0.4) is 0 Å². The van der Waals surface area contributed by atoms with Gasteiger partial charge < -0.3 is 5.32 Å². The van der Waals surface area contributed by atoms with Crippen LogP contribution >= 0.6 is 23.1 Å². The molecule has 1 aromatic carbocycles. The second-order valence-electron chi connectivity index (χ2n) is 5.45. The van der Waals surface area contributed by atoms with Gasteiger partial charge in [0.05, 0.1) is 6.04 Å². The van der Waals surface area contributed by atoms with Gasteiger partial charge in [0.15, 0.2) is 0 Å². The minimum absolute atomic E-state index is 0.102. The van der Waals surface area contributed by atoms with Crippen LogP contribution in [0.1, 0.15) is 39.4 Å². The molecule has 2 aromatic rings. The maximum atomic E-state index is 13.7. The van der Waals surface area contributed by atoms with Gasteiger partial charge in [0, 0.05) is 15.5 Å². The van der Waals surface area contributed by atoms with E-state index in [4.69, 9.17) is 0 Å². The van der Waals surface area contributed by atoms with E-state index in [1.165, 1.54) is 27.5 Å². The molecular formula is C17H20FNS2. The predicted octanol–water partition coefficient (Wildman–Crippen LogP) is 4.68. The number of benzene rings is 1. The van der Waals surface area contributed by atoms with Crippen molar-refractivity contribution in [1.29, 1.82) is 0 Å². The molecule has 1 aliphatic rings. The van der Waals surface area contributed by atoms with E-state index in [-0.39, 0.29) is 11.9 Å². The van der Waals surface area contributed by atoms with Crippen LogP contribution in [-0.2, 0) is 12.2 Å². The van der Waals surface area contributed by atoms with Gasteiger partial charge in [0.25, 0.3) is 0 Å². The van der Waals surface area contributed by atoms with Gasteiger partial charge >= 0.3 is 0 Å². The van der Waals surface area contributed by atoms with E-state index in [9.17, 15) is 4.39 Å². The molecule has 4 heteroatoms. The lowest BCUT2D eigenvalue weighted by atomic mass is 10.0. The summed E-state index contributed by atoms with van der Waals surface area (Å²) in [6.45, 7) is 4.92. The number of thioether (sulfide) groups is 1. The van der Waals surface area contributed by atoms with Crippen LogP contribution in [0.15, 0.2) is 24.3 Å². The van der Waals surface area contributed by atoms with Crippen LogP contribution in [0.4, 0.5) is 4.39 Å². The summed E-state index contributed by atoms with van der Waals surface area (Å²) in [5.74, 6) is 2.19. The van der Waals surface area contributed by atoms with E-state index in [0.717, 1.165) is 23.4 Å². The van der Waals surface area contributed by atoms with Crippen LogP contribution in [0, 0.1) is 12.7 Å². The fraction of sp³-hybridized carbons (Fsp3) is 0.412. The predicted molar refractivity (Wildman–Crippen MR) is 90.8 cm³/mol. The Morgan fingerprint density at radius 2 is 2.14 bits per heavy atom. The maximum absolute atomic E-state index is 13.7. The molecule has 112 valence electrons. The lowest BCUT2D eigenvalue weighted by molar-refractivity contribution is 0.605. The lowest BCUT2D eigenvalue weighted by Gasteiger charge is -2.17. The Hall–Kier alpha value is -0.840. The molecule has 0 bridgehead atoms. The number of fused-ring (bicyclic) bond motifs is 1. The second-order valence-corrected chi connectivity index (χ2v) is 7.73. The van der Waals surface area contributed by atoms with Crippen molar-refractivity contribution in [3.05, 3.63) is 56.5 Å². The van der Waals surface area contributed by atoms with Crippen LogP contribution in [0.25, 0.3) is 0 Å². The van der Waals surface area contributed by atoms with E-state index >= 15 is 0 Å². The van der Waals surface area contributed by atoms with Crippen LogP contribution < -0.4 is 5.32 Å². The minimum Gasteiger partial charge on any atom is -0.306 e. The van der Waals surface area contributed by atoms with E-state index in [1.54, 1.807) is 12.1 Å². The molecule has 0 fully saturated rings. The largest absolute Gasteiger partial charge is 0.306 e. The highest BCUT2D eigenvalue weighted by atomic mass is 32.2. The van der Waals surface area contributed by atoms with Crippen LogP contribution in [0.5, 0.6) is 0 Å². The molecule has 0 saturated heterocycles. The molecule has 1 aliphatic heterocycles. The SMILES string of the molecule is CCNC(c1cc(C)cc(F)c1)c1cc2c(s1)CCSC2. The Kier molecular flexibility index (Phi) is 4.67. The molecule has 21 heavy (non-hydrogen) atoms. The molecule has 0 amide bonds. The molecule has 1 aromatic heterocycles. The highest BCUT2D eigenvalue weighted by molar-refractivity contribution is 7.98. The zero-order valence-corrected chi connectivity index (χ0v) is 14.0. The van der Waals surface area contributed by atoms with E-state index in [0.29, 0.717) is 0 Å². The minimum atomic E-state index is -0.148. The van der Waals surface area contributed by atoms with Gasteiger partial charge in [-0.15, -0.1) is 11.3 Å². The molecule has 1 atom stereocenters. The molecular weight excluding hydrogens is 301 g/mol. The first kappa shape index (κ1) is 15.1. The van der Waals surface area contributed by atoms with E-state index in [2.05, 4.69) is 24.4 Å². The molecule has 2 heterocycles. The van der Waals surface area contributed by atoms with Gasteiger partial charge in [-0.2, -0.15) is 11.8 Å². The van der Waals surface area contributed by atoms with Gasteiger partial charge in [-0.3, -0.25) is 0 Å². The number of thiophene rings is 1. The third kappa shape index (κ3) is 3.33. The summed E-state index contributed by atoms with van der Waals surface area (Å²) in [6, 6.07) is 7.75. The standard InChI is InChI=1S/C17H20FNS2/c1-3-19-17(12-6-11(2)7-14(18)8-12)16-9-13-10-20-5-4-15(13)21-16/h6-9,17,19H,3-5,10H2,1-2H3. The normalized spacial score (nSPS) is 15.8. The summed E-state index contributed by atoms with van der Waals surface area (Å²) < 4.78 is 13.7. The molecule has 0 saturated carbocycles. The summed E-state index contributed by atoms with van der Waals surface area (Å²) >= 11 is 3.89. The summed E-state index contributed by atoms with van der Waals surface area (Å²) in [4.78, 5) is 2.83. The first-order chi connectivity index (χ1) is 10.2. The first-order valence-electron chi connectivity index (χ1n) is 7.37. The van der Waals surface area contributed by atoms with Crippen molar-refractivity contribution in [3.8, 4) is 0 Å². The van der Waals surface area contributed by atoms with Crippen molar-refractivity contribution in [1.82, 2.24) is 5.32 Å². The van der Waals surface area contributed by atoms with Crippen molar-refractivity contribution in [2.45, 2.75) is 32.1 Å². The third-order valence-electron chi connectivity index (χ3n) is 3.74. The fourth-order valence-electron chi connectivity index (χ4n) is 2.83. The first-order valence-corrected chi connectivity index (χ1v) is 9.34. The number of nitrogens with one attached hydrogen (secondary N) is 1. The third-order valence-corrected chi connectivity index (χ3v) is 6.05. The summed E-state index contributed by atoms with van der Waals surface area (Å²) in [6.07, 6.45) is 1.17. The smallest absolute Gasteiger partial charge is 0.123 e. The van der Waals surface area contributed by atoms with Gasteiger partial charge in [0.2, 0.25) is 0 Å². The number of hydrogen-bond donors (Lipinski definition) is 1. The van der Waals surface area contributed by atoms with E-state index in [1.807, 2.05) is 30.0 Å². The highest BCUT2D eigenvalue weighted by Gasteiger charge is 2.20. The summed E-state index contributed by atoms with van der Waals surface area (Å²) in [5, 5.41) is 3.52. The average molecular weight is 321 g/mol. The average Bonchev–Trinajstić information content (AvgIpc) is 2.87. The van der Waals surface area contributed by atoms with Crippen LogP contribution in [0.2, 0.25) is 0 Å². The number of hydrogen-bond acceptors (Lipinski definition) is 3. The number of rotatable bonds is 4. The van der Waals surface area contributed by atoms with Crippen molar-refractivity contribution < 1.29 is 4.39 Å². The van der Waals surface area contributed by atoms with Gasteiger partial charge in [-0.05, 0) is 60.5 Å². The van der Waals surface area contributed by atoms with Gasteiger partial charge in [-0.25, -0.2) is 4.39 Å². The van der Waals surface area contributed by atoms with Gasteiger partial charge in [-0.1, -0.05) is 13.0 Å².